The molecule has 0 aliphatic rings. The second kappa shape index (κ2) is 13.0. The summed E-state index contributed by atoms with van der Waals surface area (Å²) in [6, 6.07) is 10.4. The molecule has 8 heteroatoms. The molecule has 2 rings (SSSR count). The summed E-state index contributed by atoms with van der Waals surface area (Å²) in [5, 5.41) is 11.0. The maximum atomic E-state index is 5.27. The van der Waals surface area contributed by atoms with Crippen molar-refractivity contribution in [2.24, 2.45) is 4.99 Å². The monoisotopic (exact) mass is 503 g/mol. The lowest BCUT2D eigenvalue weighted by Crippen LogP contribution is -2.38. The highest BCUT2D eigenvalue weighted by Gasteiger charge is 2.10. The van der Waals surface area contributed by atoms with E-state index in [1.165, 1.54) is 4.90 Å². The molecule has 0 aliphatic heterocycles. The zero-order valence-electron chi connectivity index (χ0n) is 16.4. The van der Waals surface area contributed by atoms with Gasteiger partial charge in [0.25, 0.3) is 0 Å². The number of hydrogen-bond donors (Lipinski definition) is 2. The van der Waals surface area contributed by atoms with Crippen LogP contribution in [0.4, 0.5) is 0 Å². The quantitative estimate of drug-likeness (QED) is 0.233. The Labute approximate surface area is 183 Å². The van der Waals surface area contributed by atoms with E-state index in [4.69, 9.17) is 4.52 Å². The summed E-state index contributed by atoms with van der Waals surface area (Å²) < 4.78 is 5.27. The van der Waals surface area contributed by atoms with Gasteiger partial charge in [0.05, 0.1) is 6.54 Å². The van der Waals surface area contributed by atoms with Crippen LogP contribution in [-0.2, 0) is 6.42 Å². The average molecular weight is 503 g/mol. The summed E-state index contributed by atoms with van der Waals surface area (Å²) in [5.74, 6) is 2.51. The van der Waals surface area contributed by atoms with Crippen LogP contribution in [0.15, 0.2) is 44.7 Å². The van der Waals surface area contributed by atoms with Gasteiger partial charge in [0, 0.05) is 35.6 Å². The minimum Gasteiger partial charge on any atom is -0.357 e. The van der Waals surface area contributed by atoms with E-state index in [1.807, 2.05) is 17.8 Å². The third kappa shape index (κ3) is 8.96. The number of aliphatic imine (C=N–C) groups is 1. The number of aromatic nitrogens is 2. The molecule has 6 nitrogen and oxygen atoms in total. The summed E-state index contributed by atoms with van der Waals surface area (Å²) in [4.78, 5) is 10.3. The van der Waals surface area contributed by atoms with Gasteiger partial charge >= 0.3 is 0 Å². The van der Waals surface area contributed by atoms with Crippen molar-refractivity contribution in [1.82, 2.24) is 20.8 Å². The summed E-state index contributed by atoms with van der Waals surface area (Å²) in [7, 11) is 0. The van der Waals surface area contributed by atoms with Crippen molar-refractivity contribution < 1.29 is 4.52 Å². The van der Waals surface area contributed by atoms with Gasteiger partial charge < -0.3 is 15.2 Å². The number of guanidine groups is 1. The molecule has 1 atom stereocenters. The van der Waals surface area contributed by atoms with E-state index < -0.39 is 0 Å². The van der Waals surface area contributed by atoms with Crippen LogP contribution in [-0.4, -0.2) is 41.0 Å². The van der Waals surface area contributed by atoms with E-state index in [-0.39, 0.29) is 29.9 Å². The molecular formula is C19H30IN5OS. The molecule has 1 aromatic heterocycles. The second-order valence-electron chi connectivity index (χ2n) is 6.34. The van der Waals surface area contributed by atoms with Crippen molar-refractivity contribution in [1.29, 1.82) is 0 Å². The van der Waals surface area contributed by atoms with Crippen LogP contribution in [0.2, 0.25) is 0 Å². The Balaban J connectivity index is 0.00000364. The Hall–Kier alpha value is -1.29. The molecule has 1 unspecified atom stereocenters. The van der Waals surface area contributed by atoms with Gasteiger partial charge in [-0.1, -0.05) is 44.1 Å². The number of halogens is 1. The van der Waals surface area contributed by atoms with Gasteiger partial charge in [-0.2, -0.15) is 4.98 Å². The van der Waals surface area contributed by atoms with Crippen LogP contribution >= 0.6 is 35.7 Å². The van der Waals surface area contributed by atoms with Crippen molar-refractivity contribution in [2.75, 3.05) is 19.6 Å². The van der Waals surface area contributed by atoms with E-state index in [9.17, 15) is 0 Å². The van der Waals surface area contributed by atoms with Crippen LogP contribution in [0.5, 0.6) is 0 Å². The molecule has 0 fully saturated rings. The van der Waals surface area contributed by atoms with Crippen molar-refractivity contribution in [3.63, 3.8) is 0 Å². The summed E-state index contributed by atoms with van der Waals surface area (Å²) >= 11 is 1.83. The minimum absolute atomic E-state index is 0. The number of rotatable bonds is 9. The Kier molecular flexibility index (Phi) is 11.4. The number of thioether (sulfide) groups is 1. The largest absolute Gasteiger partial charge is 0.357 e. The fourth-order valence-corrected chi connectivity index (χ4v) is 3.15. The van der Waals surface area contributed by atoms with Gasteiger partial charge in [-0.25, -0.2) is 0 Å². The normalized spacial score (nSPS) is 12.6. The average Bonchev–Trinajstić information content (AvgIpc) is 3.10. The predicted molar refractivity (Wildman–Crippen MR) is 123 cm³/mol. The SMILES string of the molecule is CCNC(=NCC(C)Sc1ccccc1)NCCc1nc(C(C)C)no1.I. The van der Waals surface area contributed by atoms with E-state index >= 15 is 0 Å². The number of hydrogen-bond acceptors (Lipinski definition) is 5. The first kappa shape index (κ1) is 23.7. The zero-order valence-corrected chi connectivity index (χ0v) is 19.6. The maximum Gasteiger partial charge on any atom is 0.228 e. The fraction of sp³-hybridized carbons (Fsp3) is 0.526. The Bertz CT molecular complexity index is 678. The van der Waals surface area contributed by atoms with Crippen LogP contribution < -0.4 is 10.6 Å². The predicted octanol–water partition coefficient (Wildman–Crippen LogP) is 4.09. The van der Waals surface area contributed by atoms with Crippen LogP contribution in [0, 0.1) is 0 Å². The summed E-state index contributed by atoms with van der Waals surface area (Å²) in [5.41, 5.74) is 0. The first-order valence-corrected chi connectivity index (χ1v) is 10.0. The standard InChI is InChI=1S/C19H29N5OS.HI/c1-5-20-19(21-12-11-17-23-18(14(2)3)24-25-17)22-13-15(4)26-16-9-7-6-8-10-16;/h6-10,14-15H,5,11-13H2,1-4H3,(H2,20,21,22);1H. The molecule has 0 bridgehead atoms. The molecular weight excluding hydrogens is 473 g/mol. The molecule has 1 aromatic carbocycles. The molecule has 2 N–H and O–H groups in total. The lowest BCUT2D eigenvalue weighted by molar-refractivity contribution is 0.371. The van der Waals surface area contributed by atoms with Crippen LogP contribution in [0.3, 0.4) is 0 Å². The van der Waals surface area contributed by atoms with Crippen molar-refractivity contribution in [3.8, 4) is 0 Å². The van der Waals surface area contributed by atoms with Gasteiger partial charge in [0.2, 0.25) is 5.89 Å². The number of benzene rings is 1. The summed E-state index contributed by atoms with van der Waals surface area (Å²) in [6.07, 6.45) is 0.679. The number of nitrogens with one attached hydrogen (secondary N) is 2. The third-order valence-electron chi connectivity index (χ3n) is 3.56. The maximum absolute atomic E-state index is 5.27. The van der Waals surface area contributed by atoms with Crippen molar-refractivity contribution in [2.45, 2.75) is 50.2 Å². The molecule has 0 amide bonds. The molecule has 0 spiro atoms. The van der Waals surface area contributed by atoms with Crippen molar-refractivity contribution >= 4 is 41.7 Å². The smallest absolute Gasteiger partial charge is 0.228 e. The molecule has 27 heavy (non-hydrogen) atoms. The first-order valence-electron chi connectivity index (χ1n) is 9.14. The van der Waals surface area contributed by atoms with Crippen LogP contribution in [0.1, 0.15) is 45.3 Å². The van der Waals surface area contributed by atoms with Crippen molar-refractivity contribution in [3.05, 3.63) is 42.0 Å². The lowest BCUT2D eigenvalue weighted by Gasteiger charge is -2.13. The van der Waals surface area contributed by atoms with E-state index in [2.05, 4.69) is 77.7 Å². The zero-order chi connectivity index (χ0) is 18.8. The minimum atomic E-state index is 0. The Morgan fingerprint density at radius 3 is 2.56 bits per heavy atom. The van der Waals surface area contributed by atoms with Gasteiger partial charge in [-0.15, -0.1) is 35.7 Å². The van der Waals surface area contributed by atoms with E-state index in [1.54, 1.807) is 0 Å². The highest BCUT2D eigenvalue weighted by atomic mass is 127. The molecule has 0 saturated carbocycles. The molecule has 0 aliphatic carbocycles. The molecule has 2 aromatic rings. The fourth-order valence-electron chi connectivity index (χ4n) is 2.22. The highest BCUT2D eigenvalue weighted by Crippen LogP contribution is 2.22. The van der Waals surface area contributed by atoms with Gasteiger partial charge in [-0.05, 0) is 19.1 Å². The molecule has 0 saturated heterocycles. The molecule has 0 radical (unpaired) electrons. The molecule has 1 heterocycles. The van der Waals surface area contributed by atoms with Gasteiger partial charge in [0.15, 0.2) is 11.8 Å². The van der Waals surface area contributed by atoms with Crippen LogP contribution in [0.25, 0.3) is 0 Å². The van der Waals surface area contributed by atoms with Gasteiger partial charge in [-0.3, -0.25) is 4.99 Å². The highest BCUT2D eigenvalue weighted by molar-refractivity contribution is 14.0. The first-order chi connectivity index (χ1) is 12.6. The van der Waals surface area contributed by atoms with Gasteiger partial charge in [0.1, 0.15) is 0 Å². The second-order valence-corrected chi connectivity index (χ2v) is 7.85. The number of nitrogens with zero attached hydrogens (tertiary/aromatic N) is 3. The van der Waals surface area contributed by atoms with E-state index in [0.29, 0.717) is 24.1 Å². The van der Waals surface area contributed by atoms with E-state index in [0.717, 1.165) is 24.9 Å². The Morgan fingerprint density at radius 1 is 1.19 bits per heavy atom. The summed E-state index contributed by atoms with van der Waals surface area (Å²) in [6.45, 7) is 10.6. The topological polar surface area (TPSA) is 75.3 Å². The molecule has 150 valence electrons. The lowest BCUT2D eigenvalue weighted by atomic mass is 10.2. The Morgan fingerprint density at radius 2 is 1.93 bits per heavy atom. The third-order valence-corrected chi connectivity index (χ3v) is 4.66.